The van der Waals surface area contributed by atoms with Crippen molar-refractivity contribution in [1.82, 2.24) is 23.7 Å². The summed E-state index contributed by atoms with van der Waals surface area (Å²) < 4.78 is 10.8. The molecule has 5 rings (SSSR count). The minimum atomic E-state index is -0.427. The Balaban J connectivity index is 1.54. The highest BCUT2D eigenvalue weighted by Crippen LogP contribution is 2.22. The standard InChI is InChI=1S/C22H19N5O3/c1-3-26-12-16(14-8-4-6-10-17(14)26)21(29)30-13-19-23-24-22-25(2)20(28)15-9-5-7-11-18(15)27(19)22/h4-12H,3,13H2,1-2H3. The number of rotatable bonds is 4. The number of hydrogen-bond acceptors (Lipinski definition) is 5. The van der Waals surface area contributed by atoms with Gasteiger partial charge in [-0.1, -0.05) is 30.3 Å². The molecular formula is C22H19N5O3. The van der Waals surface area contributed by atoms with Gasteiger partial charge in [0.15, 0.2) is 12.4 Å². The molecule has 0 amide bonds. The lowest BCUT2D eigenvalue weighted by atomic mass is 10.2. The van der Waals surface area contributed by atoms with Crippen LogP contribution in [-0.2, 0) is 24.9 Å². The smallest absolute Gasteiger partial charge is 0.340 e. The fraction of sp³-hybridized carbons (Fsp3) is 0.182. The van der Waals surface area contributed by atoms with Gasteiger partial charge in [0.05, 0.1) is 16.5 Å². The van der Waals surface area contributed by atoms with Gasteiger partial charge < -0.3 is 9.30 Å². The van der Waals surface area contributed by atoms with Gasteiger partial charge in [-0.15, -0.1) is 10.2 Å². The number of carbonyl (C=O) groups is 1. The third-order valence-corrected chi connectivity index (χ3v) is 5.37. The van der Waals surface area contributed by atoms with Crippen LogP contribution in [0.5, 0.6) is 0 Å². The van der Waals surface area contributed by atoms with Crippen LogP contribution >= 0.6 is 0 Å². The molecule has 0 saturated carbocycles. The third-order valence-electron chi connectivity index (χ3n) is 5.37. The molecule has 150 valence electrons. The van der Waals surface area contributed by atoms with Crippen LogP contribution in [-0.4, -0.2) is 29.7 Å². The Hall–Kier alpha value is -3.94. The predicted octanol–water partition coefficient (Wildman–Crippen LogP) is 2.91. The normalized spacial score (nSPS) is 11.5. The number of benzene rings is 2. The maximum absolute atomic E-state index is 12.9. The van der Waals surface area contributed by atoms with Gasteiger partial charge in [-0.25, -0.2) is 4.79 Å². The molecule has 0 atom stereocenters. The Morgan fingerprint density at radius 3 is 2.47 bits per heavy atom. The monoisotopic (exact) mass is 401 g/mol. The Morgan fingerprint density at radius 1 is 1.00 bits per heavy atom. The van der Waals surface area contributed by atoms with Crippen LogP contribution in [0.1, 0.15) is 23.1 Å². The number of para-hydroxylation sites is 2. The van der Waals surface area contributed by atoms with E-state index in [0.717, 1.165) is 17.4 Å². The fourth-order valence-corrected chi connectivity index (χ4v) is 3.86. The summed E-state index contributed by atoms with van der Waals surface area (Å²) in [6, 6.07) is 15.0. The summed E-state index contributed by atoms with van der Waals surface area (Å²) >= 11 is 0. The highest BCUT2D eigenvalue weighted by molar-refractivity contribution is 6.04. The van der Waals surface area contributed by atoms with E-state index >= 15 is 0 Å². The highest BCUT2D eigenvalue weighted by atomic mass is 16.5. The SMILES string of the molecule is CCn1cc(C(=O)OCc2nnc3n(C)c(=O)c4ccccc4n23)c2ccccc21. The number of hydrogen-bond donors (Lipinski definition) is 0. The van der Waals surface area contributed by atoms with Gasteiger partial charge in [-0.2, -0.15) is 0 Å². The number of nitrogens with zero attached hydrogens (tertiary/aromatic N) is 5. The second-order valence-corrected chi connectivity index (χ2v) is 7.06. The summed E-state index contributed by atoms with van der Waals surface area (Å²) in [6.45, 7) is 2.72. The van der Waals surface area contributed by atoms with Crippen molar-refractivity contribution < 1.29 is 9.53 Å². The zero-order valence-corrected chi connectivity index (χ0v) is 16.6. The van der Waals surface area contributed by atoms with Crippen molar-refractivity contribution in [1.29, 1.82) is 0 Å². The summed E-state index contributed by atoms with van der Waals surface area (Å²) in [7, 11) is 1.65. The molecular weight excluding hydrogens is 382 g/mol. The van der Waals surface area contributed by atoms with E-state index in [-0.39, 0.29) is 12.2 Å². The molecule has 5 aromatic rings. The van der Waals surface area contributed by atoms with Gasteiger partial charge >= 0.3 is 5.97 Å². The first-order valence-corrected chi connectivity index (χ1v) is 9.67. The number of aryl methyl sites for hydroxylation is 2. The Kier molecular flexibility index (Phi) is 4.13. The van der Waals surface area contributed by atoms with Crippen LogP contribution in [0.15, 0.2) is 59.5 Å². The maximum Gasteiger partial charge on any atom is 0.340 e. The zero-order valence-electron chi connectivity index (χ0n) is 16.6. The van der Waals surface area contributed by atoms with E-state index in [0.29, 0.717) is 28.1 Å². The zero-order chi connectivity index (χ0) is 20.8. The van der Waals surface area contributed by atoms with E-state index in [9.17, 15) is 9.59 Å². The minimum Gasteiger partial charge on any atom is -0.454 e. The van der Waals surface area contributed by atoms with Crippen LogP contribution < -0.4 is 5.56 Å². The number of aromatic nitrogens is 5. The van der Waals surface area contributed by atoms with E-state index in [2.05, 4.69) is 10.2 Å². The molecule has 2 aromatic carbocycles. The summed E-state index contributed by atoms with van der Waals surface area (Å²) in [4.78, 5) is 25.4. The molecule has 0 saturated heterocycles. The Bertz CT molecular complexity index is 1490. The van der Waals surface area contributed by atoms with Gasteiger partial charge in [0.1, 0.15) is 0 Å². The van der Waals surface area contributed by atoms with Crippen molar-refractivity contribution in [2.45, 2.75) is 20.1 Å². The predicted molar refractivity (Wildman–Crippen MR) is 112 cm³/mol. The number of esters is 1. The third kappa shape index (κ3) is 2.61. The molecule has 0 aliphatic carbocycles. The molecule has 8 heteroatoms. The summed E-state index contributed by atoms with van der Waals surface area (Å²) in [5.41, 5.74) is 2.02. The van der Waals surface area contributed by atoms with E-state index in [1.54, 1.807) is 17.5 Å². The molecule has 0 radical (unpaired) electrons. The first-order valence-electron chi connectivity index (χ1n) is 9.67. The van der Waals surface area contributed by atoms with Gasteiger partial charge in [-0.3, -0.25) is 13.8 Å². The van der Waals surface area contributed by atoms with Gasteiger partial charge in [0.25, 0.3) is 5.56 Å². The lowest BCUT2D eigenvalue weighted by Crippen LogP contribution is -2.20. The van der Waals surface area contributed by atoms with Gasteiger partial charge in [0, 0.05) is 30.7 Å². The largest absolute Gasteiger partial charge is 0.454 e. The molecule has 0 bridgehead atoms. The lowest BCUT2D eigenvalue weighted by Gasteiger charge is -2.08. The summed E-state index contributed by atoms with van der Waals surface area (Å²) in [5.74, 6) is 0.418. The van der Waals surface area contributed by atoms with Crippen LogP contribution in [0.2, 0.25) is 0 Å². The molecule has 0 aliphatic heterocycles. The van der Waals surface area contributed by atoms with Crippen LogP contribution in [0.4, 0.5) is 0 Å². The second-order valence-electron chi connectivity index (χ2n) is 7.06. The fourth-order valence-electron chi connectivity index (χ4n) is 3.86. The molecule has 30 heavy (non-hydrogen) atoms. The van der Waals surface area contributed by atoms with E-state index in [4.69, 9.17) is 4.74 Å². The van der Waals surface area contributed by atoms with Crippen LogP contribution in [0.3, 0.4) is 0 Å². The van der Waals surface area contributed by atoms with Crippen molar-refractivity contribution in [2.75, 3.05) is 0 Å². The van der Waals surface area contributed by atoms with Crippen LogP contribution in [0, 0.1) is 0 Å². The Labute approximate surface area is 170 Å². The first kappa shape index (κ1) is 18.1. The van der Waals surface area contributed by atoms with Crippen molar-refractivity contribution in [3.05, 3.63) is 76.5 Å². The number of fused-ring (bicyclic) bond motifs is 4. The van der Waals surface area contributed by atoms with Gasteiger partial charge in [0.2, 0.25) is 5.78 Å². The van der Waals surface area contributed by atoms with Gasteiger partial charge in [-0.05, 0) is 25.1 Å². The quantitative estimate of drug-likeness (QED) is 0.433. The molecule has 0 unspecified atom stereocenters. The minimum absolute atomic E-state index is 0.0617. The molecule has 3 heterocycles. The lowest BCUT2D eigenvalue weighted by molar-refractivity contribution is 0.0463. The topological polar surface area (TPSA) is 83.4 Å². The van der Waals surface area contributed by atoms with Crippen molar-refractivity contribution >= 4 is 33.6 Å². The summed E-state index contributed by atoms with van der Waals surface area (Å²) in [6.07, 6.45) is 1.81. The highest BCUT2D eigenvalue weighted by Gasteiger charge is 2.19. The molecule has 0 fully saturated rings. The number of carbonyl (C=O) groups excluding carboxylic acids is 1. The second kappa shape index (κ2) is 6.84. The van der Waals surface area contributed by atoms with E-state index in [1.165, 1.54) is 4.57 Å². The molecule has 0 aliphatic rings. The van der Waals surface area contributed by atoms with Crippen molar-refractivity contribution in [2.24, 2.45) is 7.05 Å². The average molecular weight is 401 g/mol. The number of ether oxygens (including phenoxy) is 1. The van der Waals surface area contributed by atoms with E-state index < -0.39 is 5.97 Å². The maximum atomic E-state index is 12.9. The molecule has 3 aromatic heterocycles. The van der Waals surface area contributed by atoms with E-state index in [1.807, 2.05) is 60.2 Å². The van der Waals surface area contributed by atoms with Crippen LogP contribution in [0.25, 0.3) is 27.6 Å². The Morgan fingerprint density at radius 2 is 1.70 bits per heavy atom. The van der Waals surface area contributed by atoms with Crippen molar-refractivity contribution in [3.8, 4) is 0 Å². The first-order chi connectivity index (χ1) is 14.6. The average Bonchev–Trinajstić information content (AvgIpc) is 3.38. The summed E-state index contributed by atoms with van der Waals surface area (Å²) in [5, 5.41) is 9.69. The molecule has 0 N–H and O–H groups in total. The molecule has 8 nitrogen and oxygen atoms in total. The van der Waals surface area contributed by atoms with Crippen molar-refractivity contribution in [3.63, 3.8) is 0 Å². The molecule has 0 spiro atoms.